The molecule has 0 spiro atoms. The predicted octanol–water partition coefficient (Wildman–Crippen LogP) is 3.55. The maximum atomic E-state index is 13.0. The van der Waals surface area contributed by atoms with E-state index in [-0.39, 0.29) is 17.2 Å². The first-order valence-electron chi connectivity index (χ1n) is 9.40. The first kappa shape index (κ1) is 20.2. The van der Waals surface area contributed by atoms with Crippen LogP contribution in [0.5, 0.6) is 0 Å². The Labute approximate surface area is 167 Å². The summed E-state index contributed by atoms with van der Waals surface area (Å²) in [4.78, 5) is 42.5. The topological polar surface area (TPSA) is 98.3 Å². The van der Waals surface area contributed by atoms with E-state index >= 15 is 0 Å². The minimum absolute atomic E-state index is 0.0766. The zero-order chi connectivity index (χ0) is 21.1. The quantitative estimate of drug-likeness (QED) is 0.470. The number of aromatic nitrogens is 2. The Morgan fingerprint density at radius 1 is 1.17 bits per heavy atom. The Morgan fingerprint density at radius 3 is 2.41 bits per heavy atom. The smallest absolute Gasteiger partial charge is 0.269 e. The van der Waals surface area contributed by atoms with Crippen molar-refractivity contribution in [2.24, 2.45) is 0 Å². The molecule has 3 rings (SSSR count). The number of non-ortho nitro benzene ring substituents is 1. The van der Waals surface area contributed by atoms with Crippen molar-refractivity contribution < 1.29 is 9.72 Å². The summed E-state index contributed by atoms with van der Waals surface area (Å²) in [7, 11) is 1.65. The average Bonchev–Trinajstić information content (AvgIpc) is 2.74. The highest BCUT2D eigenvalue weighted by Crippen LogP contribution is 2.24. The van der Waals surface area contributed by atoms with Gasteiger partial charge in [0.05, 0.1) is 21.9 Å². The molecule has 0 N–H and O–H groups in total. The molecule has 2 aromatic carbocycles. The summed E-state index contributed by atoms with van der Waals surface area (Å²) in [6, 6.07) is 12.2. The van der Waals surface area contributed by atoms with Crippen molar-refractivity contribution >= 4 is 22.5 Å². The van der Waals surface area contributed by atoms with Gasteiger partial charge in [0.25, 0.3) is 17.2 Å². The van der Waals surface area contributed by atoms with Crippen molar-refractivity contribution in [3.8, 4) is 0 Å². The molecule has 0 saturated carbocycles. The summed E-state index contributed by atoms with van der Waals surface area (Å²) in [6.45, 7) is 4.22. The molecule has 150 valence electrons. The Morgan fingerprint density at radius 2 is 1.83 bits per heavy atom. The molecular weight excluding hydrogens is 372 g/mol. The van der Waals surface area contributed by atoms with Crippen LogP contribution < -0.4 is 5.56 Å². The summed E-state index contributed by atoms with van der Waals surface area (Å²) >= 11 is 0. The van der Waals surface area contributed by atoms with Crippen LogP contribution in [0.4, 0.5) is 5.69 Å². The molecule has 8 nitrogen and oxygen atoms in total. The number of nitrogens with zero attached hydrogens (tertiary/aromatic N) is 4. The molecule has 0 radical (unpaired) electrons. The standard InChI is InChI=1S/C21H22N4O4/c1-4-18(23(3)20(26)14-10-12-15(13-11-14)25(28)29)19-22-17-9-7-6-8-16(17)21(27)24(19)5-2/h6-13,18H,4-5H2,1-3H3. The monoisotopic (exact) mass is 394 g/mol. The van der Waals surface area contributed by atoms with Crippen LogP contribution in [0, 0.1) is 10.1 Å². The zero-order valence-electron chi connectivity index (χ0n) is 16.5. The molecule has 29 heavy (non-hydrogen) atoms. The third-order valence-corrected chi connectivity index (χ3v) is 5.01. The maximum absolute atomic E-state index is 13.0. The van der Waals surface area contributed by atoms with E-state index in [9.17, 15) is 19.7 Å². The number of para-hydroxylation sites is 1. The van der Waals surface area contributed by atoms with Gasteiger partial charge < -0.3 is 4.90 Å². The van der Waals surface area contributed by atoms with Gasteiger partial charge in [0.1, 0.15) is 5.82 Å². The Bertz CT molecular complexity index is 1120. The number of amides is 1. The first-order chi connectivity index (χ1) is 13.9. The van der Waals surface area contributed by atoms with Crippen LogP contribution in [-0.2, 0) is 6.54 Å². The second-order valence-electron chi connectivity index (χ2n) is 6.68. The highest BCUT2D eigenvalue weighted by molar-refractivity contribution is 5.94. The van der Waals surface area contributed by atoms with Crippen molar-refractivity contribution in [2.45, 2.75) is 32.9 Å². The van der Waals surface area contributed by atoms with Crippen molar-refractivity contribution in [3.05, 3.63) is 80.4 Å². The first-order valence-corrected chi connectivity index (χ1v) is 9.40. The second-order valence-corrected chi connectivity index (χ2v) is 6.68. The minimum Gasteiger partial charge on any atom is -0.332 e. The number of fused-ring (bicyclic) bond motifs is 1. The lowest BCUT2D eigenvalue weighted by Crippen LogP contribution is -2.36. The summed E-state index contributed by atoms with van der Waals surface area (Å²) in [5.41, 5.74) is 0.713. The molecule has 0 aliphatic rings. The van der Waals surface area contributed by atoms with Gasteiger partial charge in [-0.15, -0.1) is 0 Å². The predicted molar refractivity (Wildman–Crippen MR) is 110 cm³/mol. The van der Waals surface area contributed by atoms with Crippen molar-refractivity contribution in [3.63, 3.8) is 0 Å². The molecule has 8 heteroatoms. The summed E-state index contributed by atoms with van der Waals surface area (Å²) in [5.74, 6) is 0.230. The van der Waals surface area contributed by atoms with E-state index in [4.69, 9.17) is 4.98 Å². The highest BCUT2D eigenvalue weighted by Gasteiger charge is 2.26. The fourth-order valence-corrected chi connectivity index (χ4v) is 3.45. The van der Waals surface area contributed by atoms with E-state index < -0.39 is 11.0 Å². The van der Waals surface area contributed by atoms with Gasteiger partial charge in [-0.1, -0.05) is 19.1 Å². The van der Waals surface area contributed by atoms with E-state index in [1.807, 2.05) is 19.9 Å². The molecule has 1 heterocycles. The number of nitro benzene ring substituents is 1. The number of carbonyl (C=O) groups excluding carboxylic acids is 1. The van der Waals surface area contributed by atoms with Gasteiger partial charge in [-0.25, -0.2) is 4.98 Å². The normalized spacial score (nSPS) is 12.0. The van der Waals surface area contributed by atoms with E-state index in [0.717, 1.165) is 0 Å². The molecule has 0 saturated heterocycles. The molecule has 1 unspecified atom stereocenters. The van der Waals surface area contributed by atoms with Crippen LogP contribution in [0.25, 0.3) is 10.9 Å². The van der Waals surface area contributed by atoms with Crippen LogP contribution in [0.15, 0.2) is 53.3 Å². The number of rotatable bonds is 6. The molecule has 0 bridgehead atoms. The van der Waals surface area contributed by atoms with E-state index in [1.54, 1.807) is 29.8 Å². The number of nitro groups is 1. The van der Waals surface area contributed by atoms with Gasteiger partial charge in [-0.05, 0) is 37.6 Å². The van der Waals surface area contributed by atoms with E-state index in [1.165, 1.54) is 29.2 Å². The van der Waals surface area contributed by atoms with Gasteiger partial charge in [-0.3, -0.25) is 24.3 Å². The Hall–Kier alpha value is -3.55. The van der Waals surface area contributed by atoms with Gasteiger partial charge in [0, 0.05) is 31.3 Å². The van der Waals surface area contributed by atoms with Crippen molar-refractivity contribution in [2.75, 3.05) is 7.05 Å². The summed E-state index contributed by atoms with van der Waals surface area (Å²) in [6.07, 6.45) is 0.556. The minimum atomic E-state index is -0.508. The Balaban J connectivity index is 2.03. The molecule has 1 atom stereocenters. The fourth-order valence-electron chi connectivity index (χ4n) is 3.45. The molecular formula is C21H22N4O4. The highest BCUT2D eigenvalue weighted by atomic mass is 16.6. The molecule has 0 aliphatic heterocycles. The lowest BCUT2D eigenvalue weighted by molar-refractivity contribution is -0.384. The third-order valence-electron chi connectivity index (χ3n) is 5.01. The average molecular weight is 394 g/mol. The van der Waals surface area contributed by atoms with Gasteiger partial charge in [0.2, 0.25) is 0 Å². The molecule has 1 amide bonds. The van der Waals surface area contributed by atoms with Crippen molar-refractivity contribution in [1.29, 1.82) is 0 Å². The van der Waals surface area contributed by atoms with Gasteiger partial charge in [-0.2, -0.15) is 0 Å². The number of hydrogen-bond donors (Lipinski definition) is 0. The van der Waals surface area contributed by atoms with Crippen LogP contribution >= 0.6 is 0 Å². The third kappa shape index (κ3) is 3.73. The number of hydrogen-bond acceptors (Lipinski definition) is 5. The van der Waals surface area contributed by atoms with Crippen LogP contribution in [0.2, 0.25) is 0 Å². The molecule has 3 aromatic rings. The zero-order valence-corrected chi connectivity index (χ0v) is 16.5. The second kappa shape index (κ2) is 8.22. The molecule has 0 aliphatic carbocycles. The largest absolute Gasteiger partial charge is 0.332 e. The van der Waals surface area contributed by atoms with E-state index in [2.05, 4.69) is 0 Å². The van der Waals surface area contributed by atoms with Crippen LogP contribution in [0.1, 0.15) is 42.5 Å². The molecule has 1 aromatic heterocycles. The number of carbonyl (C=O) groups is 1. The lowest BCUT2D eigenvalue weighted by atomic mass is 10.1. The van der Waals surface area contributed by atoms with Gasteiger partial charge in [0.15, 0.2) is 0 Å². The summed E-state index contributed by atoms with van der Waals surface area (Å²) < 4.78 is 1.59. The maximum Gasteiger partial charge on any atom is 0.269 e. The Kier molecular flexibility index (Phi) is 5.72. The van der Waals surface area contributed by atoms with Crippen molar-refractivity contribution in [1.82, 2.24) is 14.5 Å². The van der Waals surface area contributed by atoms with Gasteiger partial charge >= 0.3 is 0 Å². The van der Waals surface area contributed by atoms with Crippen LogP contribution in [-0.4, -0.2) is 32.3 Å². The molecule has 0 fully saturated rings. The van der Waals surface area contributed by atoms with E-state index in [0.29, 0.717) is 35.3 Å². The SMILES string of the molecule is CCC(c1nc2ccccc2c(=O)n1CC)N(C)C(=O)c1ccc([N+](=O)[O-])cc1. The summed E-state index contributed by atoms with van der Waals surface area (Å²) in [5, 5.41) is 11.4. The number of benzene rings is 2. The fraction of sp³-hybridized carbons (Fsp3) is 0.286. The van der Waals surface area contributed by atoms with Crippen LogP contribution in [0.3, 0.4) is 0 Å². The lowest BCUT2D eigenvalue weighted by Gasteiger charge is -2.29.